The van der Waals surface area contributed by atoms with E-state index in [0.29, 0.717) is 6.42 Å². The molecule has 0 spiro atoms. The molecule has 2 nitrogen and oxygen atoms in total. The first-order chi connectivity index (χ1) is 9.19. The summed E-state index contributed by atoms with van der Waals surface area (Å²) in [7, 11) is 0. The van der Waals surface area contributed by atoms with Crippen molar-refractivity contribution < 1.29 is 4.79 Å². The lowest BCUT2D eigenvalue weighted by Gasteiger charge is -2.15. The van der Waals surface area contributed by atoms with Crippen LogP contribution in [0, 0.1) is 0 Å². The molecule has 0 fully saturated rings. The van der Waals surface area contributed by atoms with Crippen LogP contribution in [0.2, 0.25) is 0 Å². The molecule has 1 aromatic carbocycles. The zero-order valence-corrected chi connectivity index (χ0v) is 12.5. The molecule has 1 unspecified atom stereocenters. The van der Waals surface area contributed by atoms with Crippen LogP contribution in [0.4, 0.5) is 0 Å². The lowest BCUT2D eigenvalue weighted by molar-refractivity contribution is -0.121. The fourth-order valence-corrected chi connectivity index (χ4v) is 2.92. The van der Waals surface area contributed by atoms with E-state index in [1.165, 1.54) is 4.88 Å². The molecule has 0 aliphatic carbocycles. The predicted molar refractivity (Wildman–Crippen MR) is 82.9 cm³/mol. The third-order valence-corrected chi connectivity index (χ3v) is 4.22. The Kier molecular flexibility index (Phi) is 5.05. The minimum atomic E-state index is 0.0622. The smallest absolute Gasteiger partial charge is 0.224 e. The Morgan fingerprint density at radius 1 is 1.32 bits per heavy atom. The monoisotopic (exact) mass is 291 g/mol. The zero-order valence-electron chi connectivity index (χ0n) is 10.8. The van der Waals surface area contributed by atoms with E-state index in [2.05, 4.69) is 30.9 Å². The van der Waals surface area contributed by atoms with E-state index >= 15 is 0 Å². The molecule has 0 bridgehead atoms. The Labute approximate surface area is 123 Å². The average molecular weight is 291 g/mol. The number of amides is 1. The maximum atomic E-state index is 12.0. The first-order valence-corrected chi connectivity index (χ1v) is 7.62. The maximum absolute atomic E-state index is 12.0. The minimum Gasteiger partial charge on any atom is -0.348 e. The number of carbonyl (C=O) groups excluding carboxylic acids is 1. The Morgan fingerprint density at radius 3 is 2.63 bits per heavy atom. The quantitative estimate of drug-likeness (QED) is 0.805. The number of rotatable bonds is 5. The highest BCUT2D eigenvalue weighted by molar-refractivity contribution is 7.80. The number of thiol groups is 1. The van der Waals surface area contributed by atoms with Gasteiger partial charge in [-0.25, -0.2) is 0 Å². The predicted octanol–water partition coefficient (Wildman–Crippen LogP) is 3.85. The van der Waals surface area contributed by atoms with E-state index in [1.807, 2.05) is 35.7 Å². The normalized spacial score (nSPS) is 12.1. The summed E-state index contributed by atoms with van der Waals surface area (Å²) in [6.07, 6.45) is 1.32. The van der Waals surface area contributed by atoms with E-state index < -0.39 is 0 Å². The van der Waals surface area contributed by atoms with Crippen LogP contribution in [-0.4, -0.2) is 5.91 Å². The maximum Gasteiger partial charge on any atom is 0.224 e. The lowest BCUT2D eigenvalue weighted by atomic mass is 10.1. The van der Waals surface area contributed by atoms with Crippen LogP contribution in [0.3, 0.4) is 0 Å². The molecule has 1 amide bonds. The third kappa shape index (κ3) is 4.11. The van der Waals surface area contributed by atoms with Crippen LogP contribution < -0.4 is 5.32 Å². The van der Waals surface area contributed by atoms with Crippen LogP contribution in [-0.2, 0) is 11.2 Å². The topological polar surface area (TPSA) is 29.1 Å². The molecule has 19 heavy (non-hydrogen) atoms. The molecule has 4 heteroatoms. The van der Waals surface area contributed by atoms with E-state index in [-0.39, 0.29) is 11.9 Å². The summed E-state index contributed by atoms with van der Waals surface area (Å²) in [5.74, 6) is 0.0622. The van der Waals surface area contributed by atoms with Gasteiger partial charge < -0.3 is 5.32 Å². The van der Waals surface area contributed by atoms with Gasteiger partial charge in [0.1, 0.15) is 0 Å². The molecule has 1 atom stereocenters. The first-order valence-electron chi connectivity index (χ1n) is 6.29. The number of nitrogens with one attached hydrogen (secondary N) is 1. The molecule has 100 valence electrons. The Morgan fingerprint density at radius 2 is 2.05 bits per heavy atom. The van der Waals surface area contributed by atoms with Crippen molar-refractivity contribution in [1.82, 2.24) is 5.32 Å². The van der Waals surface area contributed by atoms with Crippen molar-refractivity contribution in [2.24, 2.45) is 0 Å². The molecule has 0 radical (unpaired) electrons. The van der Waals surface area contributed by atoms with Crippen molar-refractivity contribution in [2.75, 3.05) is 0 Å². The van der Waals surface area contributed by atoms with Crippen molar-refractivity contribution in [2.45, 2.75) is 30.7 Å². The summed E-state index contributed by atoms with van der Waals surface area (Å²) in [5.41, 5.74) is 1.01. The molecule has 2 rings (SSSR count). The van der Waals surface area contributed by atoms with E-state index in [1.54, 1.807) is 11.3 Å². The molecule has 1 heterocycles. The van der Waals surface area contributed by atoms with Gasteiger partial charge in [0.15, 0.2) is 0 Å². The number of hydrogen-bond donors (Lipinski definition) is 2. The van der Waals surface area contributed by atoms with Gasteiger partial charge in [-0.2, -0.15) is 0 Å². The molecule has 0 saturated heterocycles. The second-order valence-corrected chi connectivity index (χ2v) is 5.88. The Balaban J connectivity index is 1.95. The Hall–Kier alpha value is -1.26. The van der Waals surface area contributed by atoms with Gasteiger partial charge >= 0.3 is 0 Å². The van der Waals surface area contributed by atoms with Gasteiger partial charge in [0.05, 0.1) is 12.5 Å². The summed E-state index contributed by atoms with van der Waals surface area (Å²) in [6, 6.07) is 11.9. The number of hydrogen-bond acceptors (Lipinski definition) is 3. The van der Waals surface area contributed by atoms with Gasteiger partial charge in [-0.3, -0.25) is 4.79 Å². The zero-order chi connectivity index (χ0) is 13.7. The molecule has 0 aliphatic rings. The summed E-state index contributed by atoms with van der Waals surface area (Å²) >= 11 is 5.92. The van der Waals surface area contributed by atoms with Gasteiger partial charge in [-0.05, 0) is 35.6 Å². The molecule has 1 N–H and O–H groups in total. The van der Waals surface area contributed by atoms with Crippen molar-refractivity contribution in [1.29, 1.82) is 0 Å². The van der Waals surface area contributed by atoms with Crippen LogP contribution in [0.5, 0.6) is 0 Å². The SMILES string of the molecule is CCC(NC(=O)Cc1ccc(S)cc1)c1cccs1. The first kappa shape index (κ1) is 14.2. The van der Waals surface area contributed by atoms with Crippen LogP contribution in [0.15, 0.2) is 46.7 Å². The van der Waals surface area contributed by atoms with Crippen LogP contribution >= 0.6 is 24.0 Å². The molecule has 0 saturated carbocycles. The van der Waals surface area contributed by atoms with Crippen molar-refractivity contribution in [3.8, 4) is 0 Å². The van der Waals surface area contributed by atoms with Crippen LogP contribution in [0.25, 0.3) is 0 Å². The van der Waals surface area contributed by atoms with Crippen molar-refractivity contribution in [3.63, 3.8) is 0 Å². The number of thiophene rings is 1. The highest BCUT2D eigenvalue weighted by Gasteiger charge is 2.13. The molecular weight excluding hydrogens is 274 g/mol. The van der Waals surface area contributed by atoms with E-state index in [9.17, 15) is 4.79 Å². The lowest BCUT2D eigenvalue weighted by Crippen LogP contribution is -2.28. The number of benzene rings is 1. The number of carbonyl (C=O) groups is 1. The largest absolute Gasteiger partial charge is 0.348 e. The fourth-order valence-electron chi connectivity index (χ4n) is 1.91. The minimum absolute atomic E-state index is 0.0622. The summed E-state index contributed by atoms with van der Waals surface area (Å²) in [6.45, 7) is 2.08. The third-order valence-electron chi connectivity index (χ3n) is 2.93. The highest BCUT2D eigenvalue weighted by atomic mass is 32.1. The van der Waals surface area contributed by atoms with Gasteiger partial charge in [-0.1, -0.05) is 25.1 Å². The van der Waals surface area contributed by atoms with E-state index in [4.69, 9.17) is 0 Å². The second kappa shape index (κ2) is 6.78. The van der Waals surface area contributed by atoms with Gasteiger partial charge in [0, 0.05) is 9.77 Å². The second-order valence-electron chi connectivity index (χ2n) is 4.39. The molecule has 0 aliphatic heterocycles. The fraction of sp³-hybridized carbons (Fsp3) is 0.267. The van der Waals surface area contributed by atoms with Crippen molar-refractivity contribution >= 4 is 29.9 Å². The molecular formula is C15H17NOS2. The van der Waals surface area contributed by atoms with Gasteiger partial charge in [-0.15, -0.1) is 24.0 Å². The van der Waals surface area contributed by atoms with Gasteiger partial charge in [0.2, 0.25) is 5.91 Å². The van der Waals surface area contributed by atoms with Crippen molar-refractivity contribution in [3.05, 3.63) is 52.2 Å². The van der Waals surface area contributed by atoms with Gasteiger partial charge in [0.25, 0.3) is 0 Å². The summed E-state index contributed by atoms with van der Waals surface area (Å²) < 4.78 is 0. The molecule has 1 aromatic heterocycles. The van der Waals surface area contributed by atoms with Crippen LogP contribution in [0.1, 0.15) is 29.8 Å². The average Bonchev–Trinajstić information content (AvgIpc) is 2.92. The summed E-state index contributed by atoms with van der Waals surface area (Å²) in [4.78, 5) is 14.2. The summed E-state index contributed by atoms with van der Waals surface area (Å²) in [5, 5.41) is 5.12. The standard InChI is InChI=1S/C15H17NOS2/c1-2-13(14-4-3-9-19-14)16-15(17)10-11-5-7-12(18)8-6-11/h3-9,13,18H,2,10H2,1H3,(H,16,17). The molecule has 2 aromatic rings. The Bertz CT molecular complexity index is 520. The van der Waals surface area contributed by atoms with E-state index in [0.717, 1.165) is 16.9 Å². The highest BCUT2D eigenvalue weighted by Crippen LogP contribution is 2.21.